The van der Waals surface area contributed by atoms with Crippen molar-refractivity contribution in [1.29, 1.82) is 0 Å². The predicted octanol–water partition coefficient (Wildman–Crippen LogP) is 2.26. The van der Waals surface area contributed by atoms with Crippen molar-refractivity contribution < 1.29 is 13.2 Å². The molecule has 27 heavy (non-hydrogen) atoms. The maximum absolute atomic E-state index is 12.5. The minimum absolute atomic E-state index is 0.0498. The van der Waals surface area contributed by atoms with Gasteiger partial charge in [-0.25, -0.2) is 8.42 Å². The summed E-state index contributed by atoms with van der Waals surface area (Å²) >= 11 is 0. The lowest BCUT2D eigenvalue weighted by atomic mass is 10.1. The largest absolute Gasteiger partial charge is 0.350 e. The van der Waals surface area contributed by atoms with Gasteiger partial charge in [-0.3, -0.25) is 9.48 Å². The van der Waals surface area contributed by atoms with Crippen LogP contribution in [0.5, 0.6) is 0 Å². The Kier molecular flexibility index (Phi) is 7.15. The van der Waals surface area contributed by atoms with Crippen molar-refractivity contribution in [2.75, 3.05) is 13.1 Å². The van der Waals surface area contributed by atoms with E-state index in [1.54, 1.807) is 35.1 Å². The average molecular weight is 393 g/mol. The van der Waals surface area contributed by atoms with Gasteiger partial charge in [0.05, 0.1) is 17.1 Å². The number of amides is 1. The number of aromatic nitrogens is 2. The number of nitrogens with zero attached hydrogens (tertiary/aromatic N) is 3. The summed E-state index contributed by atoms with van der Waals surface area (Å²) in [6, 6.07) is 6.50. The highest BCUT2D eigenvalue weighted by Crippen LogP contribution is 2.19. The smallest absolute Gasteiger partial charge is 0.243 e. The van der Waals surface area contributed by atoms with Crippen LogP contribution in [0.25, 0.3) is 0 Å². The van der Waals surface area contributed by atoms with Crippen LogP contribution in [0.1, 0.15) is 44.4 Å². The molecule has 1 heterocycles. The average Bonchev–Trinajstić information content (AvgIpc) is 3.06. The lowest BCUT2D eigenvalue weighted by Crippen LogP contribution is -2.30. The van der Waals surface area contributed by atoms with E-state index in [1.165, 1.54) is 4.31 Å². The number of hydrogen-bond donors (Lipinski definition) is 1. The fourth-order valence-electron chi connectivity index (χ4n) is 2.90. The summed E-state index contributed by atoms with van der Waals surface area (Å²) < 4.78 is 28.2. The van der Waals surface area contributed by atoms with Crippen LogP contribution in [-0.4, -0.2) is 41.5 Å². The second-order valence-corrected chi connectivity index (χ2v) is 8.41. The monoisotopic (exact) mass is 392 g/mol. The van der Waals surface area contributed by atoms with Crippen molar-refractivity contribution in [1.82, 2.24) is 19.4 Å². The first kappa shape index (κ1) is 21.1. The molecule has 0 radical (unpaired) electrons. The molecule has 0 bridgehead atoms. The summed E-state index contributed by atoms with van der Waals surface area (Å²) in [5.74, 6) is -0.0498. The Hall–Kier alpha value is -2.19. The summed E-state index contributed by atoms with van der Waals surface area (Å²) in [7, 11) is -1.62. The van der Waals surface area contributed by atoms with Crippen LogP contribution in [-0.2, 0) is 28.3 Å². The minimum atomic E-state index is -3.47. The number of benzene rings is 1. The van der Waals surface area contributed by atoms with Gasteiger partial charge < -0.3 is 5.32 Å². The highest BCUT2D eigenvalue weighted by Gasteiger charge is 2.21. The lowest BCUT2D eigenvalue weighted by molar-refractivity contribution is -0.121. The number of aryl methyl sites for hydroxylation is 2. The molecule has 1 aromatic carbocycles. The zero-order valence-electron chi connectivity index (χ0n) is 16.3. The Labute approximate surface area is 161 Å². The Morgan fingerprint density at radius 1 is 1.22 bits per heavy atom. The van der Waals surface area contributed by atoms with Crippen molar-refractivity contribution in [3.63, 3.8) is 0 Å². The van der Waals surface area contributed by atoms with Crippen molar-refractivity contribution >= 4 is 15.9 Å². The molecule has 0 aliphatic carbocycles. The van der Waals surface area contributed by atoms with Crippen molar-refractivity contribution in [2.45, 2.75) is 44.6 Å². The molecule has 1 atom stereocenters. The van der Waals surface area contributed by atoms with Gasteiger partial charge in [-0.1, -0.05) is 26.0 Å². The molecule has 0 saturated carbocycles. The zero-order valence-corrected chi connectivity index (χ0v) is 17.2. The third kappa shape index (κ3) is 5.40. The van der Waals surface area contributed by atoms with Crippen LogP contribution < -0.4 is 5.32 Å². The standard InChI is InChI=1S/C19H28N4O3S/c1-5-23(6-2)27(25,26)18-10-8-17(9-11-18)15(3)21-19(24)12-7-16-13-20-22(4)14-16/h8-11,13-15H,5-7,12H2,1-4H3,(H,21,24). The van der Waals surface area contributed by atoms with Gasteiger partial charge in [-0.15, -0.1) is 0 Å². The summed E-state index contributed by atoms with van der Waals surface area (Å²) in [5.41, 5.74) is 1.88. The molecule has 2 rings (SSSR count). The number of sulfonamides is 1. The second-order valence-electron chi connectivity index (χ2n) is 6.47. The zero-order chi connectivity index (χ0) is 20.0. The van der Waals surface area contributed by atoms with E-state index in [0.29, 0.717) is 25.9 Å². The molecule has 7 nitrogen and oxygen atoms in total. The fraction of sp³-hybridized carbons (Fsp3) is 0.474. The number of carbonyl (C=O) groups is 1. The quantitative estimate of drug-likeness (QED) is 0.709. The molecule has 0 aliphatic heterocycles. The molecule has 0 aliphatic rings. The van der Waals surface area contributed by atoms with Crippen molar-refractivity contribution in [3.8, 4) is 0 Å². The lowest BCUT2D eigenvalue weighted by Gasteiger charge is -2.19. The molecule has 1 amide bonds. The molecule has 0 saturated heterocycles. The van der Waals surface area contributed by atoms with Gasteiger partial charge in [0.2, 0.25) is 15.9 Å². The van der Waals surface area contributed by atoms with Gasteiger partial charge in [-0.05, 0) is 36.6 Å². The highest BCUT2D eigenvalue weighted by molar-refractivity contribution is 7.89. The Morgan fingerprint density at radius 2 is 1.85 bits per heavy atom. The van der Waals surface area contributed by atoms with Crippen molar-refractivity contribution in [2.24, 2.45) is 7.05 Å². The summed E-state index contributed by atoms with van der Waals surface area (Å²) in [6.07, 6.45) is 4.66. The van der Waals surface area contributed by atoms with E-state index in [2.05, 4.69) is 10.4 Å². The third-order valence-corrected chi connectivity index (χ3v) is 6.56. The molecule has 148 valence electrons. The van der Waals surface area contributed by atoms with Crippen LogP contribution in [0.4, 0.5) is 0 Å². The van der Waals surface area contributed by atoms with Gasteiger partial charge in [0.1, 0.15) is 0 Å². The van der Waals surface area contributed by atoms with Crippen LogP contribution in [0.2, 0.25) is 0 Å². The van der Waals surface area contributed by atoms with Gasteiger partial charge in [0.15, 0.2) is 0 Å². The number of rotatable bonds is 9. The van der Waals surface area contributed by atoms with Crippen LogP contribution in [0.3, 0.4) is 0 Å². The van der Waals surface area contributed by atoms with Crippen LogP contribution in [0.15, 0.2) is 41.6 Å². The first-order valence-electron chi connectivity index (χ1n) is 9.14. The predicted molar refractivity (Wildman–Crippen MR) is 105 cm³/mol. The first-order valence-corrected chi connectivity index (χ1v) is 10.6. The van der Waals surface area contributed by atoms with Crippen LogP contribution >= 0.6 is 0 Å². The highest BCUT2D eigenvalue weighted by atomic mass is 32.2. The fourth-order valence-corrected chi connectivity index (χ4v) is 4.35. The van der Waals surface area contributed by atoms with Crippen LogP contribution in [0, 0.1) is 0 Å². The molecule has 1 unspecified atom stereocenters. The molecular weight excluding hydrogens is 364 g/mol. The normalized spacial score (nSPS) is 12.9. The maximum Gasteiger partial charge on any atom is 0.243 e. The Bertz CT molecular complexity index is 855. The number of nitrogens with one attached hydrogen (secondary N) is 1. The molecule has 0 spiro atoms. The van der Waals surface area contributed by atoms with E-state index in [4.69, 9.17) is 0 Å². The molecule has 1 aromatic heterocycles. The molecule has 8 heteroatoms. The molecular formula is C19H28N4O3S. The van der Waals surface area contributed by atoms with E-state index in [0.717, 1.165) is 11.1 Å². The van der Waals surface area contributed by atoms with Gasteiger partial charge in [0.25, 0.3) is 0 Å². The molecule has 1 N–H and O–H groups in total. The van der Waals surface area contributed by atoms with E-state index >= 15 is 0 Å². The summed E-state index contributed by atoms with van der Waals surface area (Å²) in [6.45, 7) is 6.39. The topological polar surface area (TPSA) is 84.3 Å². The summed E-state index contributed by atoms with van der Waals surface area (Å²) in [4.78, 5) is 12.4. The van der Waals surface area contributed by atoms with E-state index in [1.807, 2.05) is 34.0 Å². The van der Waals surface area contributed by atoms with Crippen molar-refractivity contribution in [3.05, 3.63) is 47.8 Å². The second kappa shape index (κ2) is 9.14. The Balaban J connectivity index is 1.96. The first-order chi connectivity index (χ1) is 12.8. The van der Waals surface area contributed by atoms with E-state index in [-0.39, 0.29) is 16.8 Å². The minimum Gasteiger partial charge on any atom is -0.350 e. The molecule has 0 fully saturated rings. The Morgan fingerprint density at radius 3 is 2.37 bits per heavy atom. The SMILES string of the molecule is CCN(CC)S(=O)(=O)c1ccc(C(C)NC(=O)CCc2cnn(C)c2)cc1. The van der Waals surface area contributed by atoms with Gasteiger partial charge in [-0.2, -0.15) is 9.40 Å². The third-order valence-electron chi connectivity index (χ3n) is 4.50. The summed E-state index contributed by atoms with van der Waals surface area (Å²) in [5, 5.41) is 7.04. The molecule has 2 aromatic rings. The number of carbonyl (C=O) groups excluding carboxylic acids is 1. The van der Waals surface area contributed by atoms with E-state index < -0.39 is 10.0 Å². The maximum atomic E-state index is 12.5. The van der Waals surface area contributed by atoms with Gasteiger partial charge >= 0.3 is 0 Å². The van der Waals surface area contributed by atoms with E-state index in [9.17, 15) is 13.2 Å². The number of hydrogen-bond acceptors (Lipinski definition) is 4. The van der Waals surface area contributed by atoms with Gasteiger partial charge in [0, 0.05) is 32.8 Å².